The van der Waals surface area contributed by atoms with Gasteiger partial charge in [-0.05, 0) is 12.1 Å². The van der Waals surface area contributed by atoms with Crippen molar-refractivity contribution in [1.29, 1.82) is 0 Å². The number of nitrogens with zero attached hydrogens (tertiary/aromatic N) is 2. The molecular weight excluding hydrogens is 300 g/mol. The molecule has 2 rings (SSSR count). The van der Waals surface area contributed by atoms with E-state index in [1.807, 2.05) is 0 Å². The Morgan fingerprint density at radius 2 is 1.70 bits per heavy atom. The molecule has 0 bridgehead atoms. The molecule has 0 fully saturated rings. The second-order valence-electron chi connectivity index (χ2n) is 4.93. The number of aldehydes is 1. The van der Waals surface area contributed by atoms with Crippen LogP contribution in [0.1, 0.15) is 28.4 Å². The largest absolute Gasteiger partial charge is 0.383 e. The first-order chi connectivity index (χ1) is 10.9. The summed E-state index contributed by atoms with van der Waals surface area (Å²) in [5, 5.41) is 0. The Balaban J connectivity index is 2.08. The molecule has 2 aromatic carbocycles. The Bertz CT molecular complexity index is 730. The van der Waals surface area contributed by atoms with Crippen LogP contribution >= 0.6 is 0 Å². The first kappa shape index (κ1) is 16.5. The summed E-state index contributed by atoms with van der Waals surface area (Å²) < 4.78 is 26.2. The fraction of sp³-hybridized carbons (Fsp3) is 0.118. The SMILES string of the molecule is CC(F)(F)c1ccc(N=CN=C(N)c2ccc(C=O)cc2)cc1. The summed E-state index contributed by atoms with van der Waals surface area (Å²) in [5.74, 6) is -2.64. The minimum Gasteiger partial charge on any atom is -0.383 e. The van der Waals surface area contributed by atoms with Crippen LogP contribution in [0.4, 0.5) is 14.5 Å². The van der Waals surface area contributed by atoms with Crippen LogP contribution in [0.15, 0.2) is 58.5 Å². The highest BCUT2D eigenvalue weighted by atomic mass is 19.3. The molecule has 0 aromatic heterocycles. The number of carbonyl (C=O) groups excluding carboxylic acids is 1. The van der Waals surface area contributed by atoms with Crippen LogP contribution in [-0.2, 0) is 5.92 Å². The van der Waals surface area contributed by atoms with E-state index < -0.39 is 5.92 Å². The van der Waals surface area contributed by atoms with Crippen LogP contribution in [0.3, 0.4) is 0 Å². The molecule has 0 saturated heterocycles. The van der Waals surface area contributed by atoms with Crippen molar-refractivity contribution in [3.63, 3.8) is 0 Å². The van der Waals surface area contributed by atoms with Crippen molar-refractivity contribution in [2.75, 3.05) is 0 Å². The van der Waals surface area contributed by atoms with Crippen molar-refractivity contribution in [3.8, 4) is 0 Å². The molecule has 0 saturated carbocycles. The molecule has 0 unspecified atom stereocenters. The van der Waals surface area contributed by atoms with E-state index >= 15 is 0 Å². The van der Waals surface area contributed by atoms with E-state index in [1.165, 1.54) is 30.6 Å². The van der Waals surface area contributed by atoms with Gasteiger partial charge in [0.05, 0.1) is 5.69 Å². The topological polar surface area (TPSA) is 67.8 Å². The molecule has 0 aliphatic heterocycles. The molecule has 0 atom stereocenters. The zero-order valence-corrected chi connectivity index (χ0v) is 12.4. The highest BCUT2D eigenvalue weighted by Gasteiger charge is 2.23. The molecule has 2 aromatic rings. The molecule has 0 aliphatic carbocycles. The molecule has 0 aliphatic rings. The van der Waals surface area contributed by atoms with E-state index in [0.717, 1.165) is 13.2 Å². The number of hydrogen-bond donors (Lipinski definition) is 1. The Hall–Kier alpha value is -2.89. The van der Waals surface area contributed by atoms with Gasteiger partial charge in [-0.1, -0.05) is 36.4 Å². The maximum Gasteiger partial charge on any atom is 0.270 e. The maximum absolute atomic E-state index is 13.1. The molecule has 0 amide bonds. The van der Waals surface area contributed by atoms with Gasteiger partial charge in [-0.3, -0.25) is 4.79 Å². The predicted octanol–water partition coefficient (Wildman–Crippen LogP) is 3.68. The molecule has 0 heterocycles. The van der Waals surface area contributed by atoms with Gasteiger partial charge in [0.15, 0.2) is 0 Å². The van der Waals surface area contributed by atoms with E-state index in [4.69, 9.17) is 5.73 Å². The van der Waals surface area contributed by atoms with E-state index in [1.54, 1.807) is 24.3 Å². The quantitative estimate of drug-likeness (QED) is 0.519. The number of nitrogens with two attached hydrogens (primary N) is 1. The average Bonchev–Trinajstić information content (AvgIpc) is 2.54. The highest BCUT2D eigenvalue weighted by Crippen LogP contribution is 2.28. The number of amidine groups is 1. The van der Waals surface area contributed by atoms with Crippen molar-refractivity contribution >= 4 is 24.1 Å². The summed E-state index contributed by atoms with van der Waals surface area (Å²) in [5.41, 5.74) is 7.42. The van der Waals surface area contributed by atoms with Crippen molar-refractivity contribution in [1.82, 2.24) is 0 Å². The normalized spacial score (nSPS) is 12.6. The number of alkyl halides is 2. The van der Waals surface area contributed by atoms with Crippen LogP contribution in [0.2, 0.25) is 0 Å². The summed E-state index contributed by atoms with van der Waals surface area (Å²) in [7, 11) is 0. The van der Waals surface area contributed by atoms with Crippen molar-refractivity contribution < 1.29 is 13.6 Å². The fourth-order valence-corrected chi connectivity index (χ4v) is 1.80. The van der Waals surface area contributed by atoms with Gasteiger partial charge in [-0.2, -0.15) is 0 Å². The van der Waals surface area contributed by atoms with Gasteiger partial charge in [-0.15, -0.1) is 0 Å². The number of aliphatic imine (C=N–C) groups is 2. The number of carbonyl (C=O) groups is 1. The molecule has 6 heteroatoms. The first-order valence-electron chi connectivity index (χ1n) is 6.80. The van der Waals surface area contributed by atoms with Gasteiger partial charge in [0.1, 0.15) is 18.5 Å². The van der Waals surface area contributed by atoms with Crippen LogP contribution in [0, 0.1) is 0 Å². The Labute approximate surface area is 132 Å². The van der Waals surface area contributed by atoms with Crippen LogP contribution in [0.5, 0.6) is 0 Å². The second-order valence-corrected chi connectivity index (χ2v) is 4.93. The lowest BCUT2D eigenvalue weighted by atomic mass is 10.1. The number of hydrogen-bond acceptors (Lipinski definition) is 2. The number of benzene rings is 2. The van der Waals surface area contributed by atoms with Crippen molar-refractivity contribution in [3.05, 3.63) is 65.2 Å². The van der Waals surface area contributed by atoms with Gasteiger partial charge < -0.3 is 5.73 Å². The van der Waals surface area contributed by atoms with Gasteiger partial charge >= 0.3 is 0 Å². The Kier molecular flexibility index (Phi) is 4.95. The van der Waals surface area contributed by atoms with Crippen molar-refractivity contribution in [2.24, 2.45) is 15.7 Å². The third kappa shape index (κ3) is 4.54. The predicted molar refractivity (Wildman–Crippen MR) is 86.7 cm³/mol. The van der Waals surface area contributed by atoms with Gasteiger partial charge in [0.25, 0.3) is 5.92 Å². The summed E-state index contributed by atoms with van der Waals surface area (Å²) in [6.45, 7) is 0.839. The van der Waals surface area contributed by atoms with Gasteiger partial charge in [-0.25, -0.2) is 18.8 Å². The molecule has 0 spiro atoms. The third-order valence-electron chi connectivity index (χ3n) is 3.12. The van der Waals surface area contributed by atoms with E-state index in [0.29, 0.717) is 16.8 Å². The van der Waals surface area contributed by atoms with E-state index in [-0.39, 0.29) is 11.4 Å². The molecule has 118 valence electrons. The first-order valence-corrected chi connectivity index (χ1v) is 6.80. The average molecular weight is 315 g/mol. The van der Waals surface area contributed by atoms with Crippen LogP contribution < -0.4 is 5.73 Å². The highest BCUT2D eigenvalue weighted by molar-refractivity contribution is 6.01. The molecule has 4 nitrogen and oxygen atoms in total. The zero-order valence-electron chi connectivity index (χ0n) is 12.4. The lowest BCUT2D eigenvalue weighted by Gasteiger charge is -2.09. The van der Waals surface area contributed by atoms with Gasteiger partial charge in [0, 0.05) is 23.6 Å². The molecule has 0 radical (unpaired) electrons. The monoisotopic (exact) mass is 315 g/mol. The number of halogens is 2. The Morgan fingerprint density at radius 3 is 2.22 bits per heavy atom. The Morgan fingerprint density at radius 1 is 1.09 bits per heavy atom. The lowest BCUT2D eigenvalue weighted by molar-refractivity contribution is 0.0175. The third-order valence-corrected chi connectivity index (χ3v) is 3.12. The van der Waals surface area contributed by atoms with Crippen LogP contribution in [0.25, 0.3) is 0 Å². The summed E-state index contributed by atoms with van der Waals surface area (Å²) in [4.78, 5) is 18.6. The number of rotatable bonds is 5. The molecule has 2 N–H and O–H groups in total. The fourth-order valence-electron chi connectivity index (χ4n) is 1.80. The second kappa shape index (κ2) is 6.91. The van der Waals surface area contributed by atoms with Gasteiger partial charge in [0.2, 0.25) is 0 Å². The summed E-state index contributed by atoms with van der Waals surface area (Å²) in [6, 6.07) is 12.2. The van der Waals surface area contributed by atoms with Crippen LogP contribution in [-0.4, -0.2) is 18.5 Å². The summed E-state index contributed by atoms with van der Waals surface area (Å²) >= 11 is 0. The standard InChI is InChI=1S/C17H15F2N3O/c1-17(18,19)14-6-8-15(9-7-14)21-11-22-16(20)13-4-2-12(10-23)3-5-13/h2-11H,1H3,(H2,20,21,22). The molecular formula is C17H15F2N3O. The van der Waals surface area contributed by atoms with E-state index in [2.05, 4.69) is 9.98 Å². The van der Waals surface area contributed by atoms with Crippen molar-refractivity contribution in [2.45, 2.75) is 12.8 Å². The zero-order chi connectivity index (χ0) is 16.9. The minimum absolute atomic E-state index is 0.0743. The molecule has 23 heavy (non-hydrogen) atoms. The van der Waals surface area contributed by atoms with E-state index in [9.17, 15) is 13.6 Å². The minimum atomic E-state index is -2.88. The lowest BCUT2D eigenvalue weighted by Crippen LogP contribution is -2.13. The maximum atomic E-state index is 13.1. The smallest absolute Gasteiger partial charge is 0.270 e. The summed E-state index contributed by atoms with van der Waals surface area (Å²) in [6.07, 6.45) is 1.99.